The number of hydrogen-bond acceptors (Lipinski definition) is 10. The summed E-state index contributed by atoms with van der Waals surface area (Å²) in [6.45, 7) is 3.96. The van der Waals surface area contributed by atoms with Crippen LogP contribution in [0, 0.1) is 0 Å². The summed E-state index contributed by atoms with van der Waals surface area (Å²) in [5.74, 6) is 1.41. The first kappa shape index (κ1) is 28.2. The molecule has 208 valence electrons. The van der Waals surface area contributed by atoms with E-state index < -0.39 is 0 Å². The van der Waals surface area contributed by atoms with E-state index in [0.717, 1.165) is 24.0 Å². The van der Waals surface area contributed by atoms with E-state index in [4.69, 9.17) is 15.2 Å². The summed E-state index contributed by atoms with van der Waals surface area (Å²) in [5.41, 5.74) is 8.09. The van der Waals surface area contributed by atoms with E-state index in [0.29, 0.717) is 82.1 Å². The minimum absolute atomic E-state index is 0.143. The van der Waals surface area contributed by atoms with Gasteiger partial charge in [0.05, 0.1) is 26.4 Å². The molecule has 0 atom stereocenters. The molecule has 1 aromatic heterocycles. The molecule has 1 aliphatic carbocycles. The van der Waals surface area contributed by atoms with Crippen molar-refractivity contribution < 1.29 is 14.3 Å². The lowest BCUT2D eigenvalue weighted by Gasteiger charge is -2.26. The second-order valence-electron chi connectivity index (χ2n) is 9.24. The van der Waals surface area contributed by atoms with Crippen LogP contribution in [-0.2, 0) is 22.6 Å². The van der Waals surface area contributed by atoms with E-state index in [9.17, 15) is 4.79 Å². The zero-order chi connectivity index (χ0) is 27.1. The fourth-order valence-corrected chi connectivity index (χ4v) is 3.81. The highest BCUT2D eigenvalue weighted by Crippen LogP contribution is 2.22. The van der Waals surface area contributed by atoms with Gasteiger partial charge in [-0.1, -0.05) is 42.5 Å². The van der Waals surface area contributed by atoms with Crippen molar-refractivity contribution in [1.29, 1.82) is 0 Å². The van der Waals surface area contributed by atoms with Crippen molar-refractivity contribution in [2.24, 2.45) is 5.73 Å². The lowest BCUT2D eigenvalue weighted by Crippen LogP contribution is -2.28. The minimum atomic E-state index is -0.143. The quantitative estimate of drug-likeness (QED) is 0.164. The van der Waals surface area contributed by atoms with E-state index in [-0.39, 0.29) is 5.91 Å². The molecular weight excluding hydrogens is 496 g/mol. The number of rotatable bonds is 17. The molecule has 4 rings (SSSR count). The minimum Gasteiger partial charge on any atom is -0.378 e. The molecule has 0 bridgehead atoms. The van der Waals surface area contributed by atoms with Crippen molar-refractivity contribution in [3.8, 4) is 0 Å². The first-order valence-corrected chi connectivity index (χ1v) is 13.5. The Bertz CT molecular complexity index is 1140. The Labute approximate surface area is 229 Å². The smallest absolute Gasteiger partial charge is 0.251 e. The molecule has 0 radical (unpaired) electrons. The van der Waals surface area contributed by atoms with Gasteiger partial charge in [-0.2, -0.15) is 15.0 Å². The maximum absolute atomic E-state index is 12.4. The Balaban J connectivity index is 1.26. The Morgan fingerprint density at radius 3 is 2.03 bits per heavy atom. The molecule has 11 nitrogen and oxygen atoms in total. The van der Waals surface area contributed by atoms with Crippen molar-refractivity contribution in [2.75, 3.05) is 55.5 Å². The summed E-state index contributed by atoms with van der Waals surface area (Å²) >= 11 is 0. The van der Waals surface area contributed by atoms with Crippen LogP contribution >= 0.6 is 0 Å². The fourth-order valence-electron chi connectivity index (χ4n) is 3.81. The third-order valence-electron chi connectivity index (χ3n) is 6.20. The van der Waals surface area contributed by atoms with E-state index >= 15 is 0 Å². The van der Waals surface area contributed by atoms with Gasteiger partial charge in [0.2, 0.25) is 17.8 Å². The molecule has 1 fully saturated rings. The van der Waals surface area contributed by atoms with E-state index in [1.165, 1.54) is 6.42 Å². The van der Waals surface area contributed by atoms with Crippen molar-refractivity contribution in [2.45, 2.75) is 38.4 Å². The zero-order valence-electron chi connectivity index (χ0n) is 22.2. The molecule has 0 unspecified atom stereocenters. The van der Waals surface area contributed by atoms with Crippen LogP contribution in [0.2, 0.25) is 0 Å². The largest absolute Gasteiger partial charge is 0.378 e. The second kappa shape index (κ2) is 15.6. The number of anilines is 3. The molecule has 1 heterocycles. The molecule has 1 amide bonds. The van der Waals surface area contributed by atoms with Gasteiger partial charge >= 0.3 is 0 Å². The molecule has 1 aliphatic rings. The Kier molecular flexibility index (Phi) is 11.3. The third kappa shape index (κ3) is 9.78. The highest BCUT2D eigenvalue weighted by molar-refractivity contribution is 5.94. The van der Waals surface area contributed by atoms with Crippen LogP contribution in [0.25, 0.3) is 0 Å². The van der Waals surface area contributed by atoms with Gasteiger partial charge in [0, 0.05) is 37.8 Å². The first-order chi connectivity index (χ1) is 19.2. The van der Waals surface area contributed by atoms with Crippen LogP contribution in [0.1, 0.15) is 40.7 Å². The molecule has 0 spiro atoms. The van der Waals surface area contributed by atoms with E-state index in [2.05, 4.69) is 48.4 Å². The van der Waals surface area contributed by atoms with Crippen LogP contribution < -0.4 is 27.0 Å². The first-order valence-electron chi connectivity index (χ1n) is 13.5. The summed E-state index contributed by atoms with van der Waals surface area (Å²) in [7, 11) is 0. The fraction of sp³-hybridized carbons (Fsp3) is 0.429. The van der Waals surface area contributed by atoms with Gasteiger partial charge in [-0.05, 0) is 42.5 Å². The predicted octanol–water partition coefficient (Wildman–Crippen LogP) is 2.78. The summed E-state index contributed by atoms with van der Waals surface area (Å²) < 4.78 is 10.7. The topological polar surface area (TPSA) is 148 Å². The van der Waals surface area contributed by atoms with Gasteiger partial charge < -0.3 is 36.5 Å². The maximum Gasteiger partial charge on any atom is 0.251 e. The lowest BCUT2D eigenvalue weighted by molar-refractivity contribution is 0.0511. The van der Waals surface area contributed by atoms with Crippen molar-refractivity contribution in [3.63, 3.8) is 0 Å². The molecule has 6 N–H and O–H groups in total. The molecule has 3 aromatic rings. The number of amides is 1. The van der Waals surface area contributed by atoms with Crippen LogP contribution in [0.4, 0.5) is 17.8 Å². The van der Waals surface area contributed by atoms with Crippen LogP contribution in [0.15, 0.2) is 54.6 Å². The number of ether oxygens (including phenoxy) is 2. The number of nitrogens with one attached hydrogen (secondary N) is 4. The monoisotopic (exact) mass is 534 g/mol. The average Bonchev–Trinajstić information content (AvgIpc) is 2.95. The zero-order valence-corrected chi connectivity index (χ0v) is 22.2. The normalized spacial score (nSPS) is 12.9. The summed E-state index contributed by atoms with van der Waals surface area (Å²) in [5, 5.41) is 12.8. The molecule has 1 saturated carbocycles. The van der Waals surface area contributed by atoms with Crippen LogP contribution in [0.3, 0.4) is 0 Å². The Morgan fingerprint density at radius 2 is 1.41 bits per heavy atom. The molecule has 0 saturated heterocycles. The number of benzene rings is 2. The number of carbonyl (C=O) groups excluding carboxylic acids is 1. The van der Waals surface area contributed by atoms with Crippen molar-refractivity contribution in [3.05, 3.63) is 71.3 Å². The maximum atomic E-state index is 12.4. The van der Waals surface area contributed by atoms with Crippen LogP contribution in [-0.4, -0.2) is 66.4 Å². The van der Waals surface area contributed by atoms with E-state index in [1.807, 2.05) is 30.3 Å². The number of nitrogens with zero attached hydrogens (tertiary/aromatic N) is 3. The van der Waals surface area contributed by atoms with Gasteiger partial charge in [-0.25, -0.2) is 0 Å². The summed E-state index contributed by atoms with van der Waals surface area (Å²) in [4.78, 5) is 26.1. The van der Waals surface area contributed by atoms with Crippen molar-refractivity contribution >= 4 is 23.8 Å². The summed E-state index contributed by atoms with van der Waals surface area (Å²) in [6.07, 6.45) is 3.47. The van der Waals surface area contributed by atoms with Crippen LogP contribution in [0.5, 0.6) is 0 Å². The van der Waals surface area contributed by atoms with Gasteiger partial charge in [0.25, 0.3) is 5.91 Å². The average molecular weight is 535 g/mol. The second-order valence-corrected chi connectivity index (χ2v) is 9.24. The number of nitrogens with two attached hydrogens (primary N) is 1. The SMILES string of the molecule is NCCOCCOCCNC(=O)c1ccc(CNc2nc(NCc3ccccc3)nc(NC3CCC3)n2)cc1. The number of hydrogen-bond donors (Lipinski definition) is 5. The van der Waals surface area contributed by atoms with Gasteiger partial charge in [-0.3, -0.25) is 4.79 Å². The predicted molar refractivity (Wildman–Crippen MR) is 152 cm³/mol. The molecule has 11 heteroatoms. The highest BCUT2D eigenvalue weighted by atomic mass is 16.5. The Morgan fingerprint density at radius 1 is 0.795 bits per heavy atom. The molecule has 2 aromatic carbocycles. The van der Waals surface area contributed by atoms with Crippen molar-refractivity contribution in [1.82, 2.24) is 20.3 Å². The molecular formula is C28H38N8O3. The highest BCUT2D eigenvalue weighted by Gasteiger charge is 2.19. The Hall–Kier alpha value is -3.80. The molecule has 39 heavy (non-hydrogen) atoms. The summed E-state index contributed by atoms with van der Waals surface area (Å²) in [6, 6.07) is 18.0. The third-order valence-corrected chi connectivity index (χ3v) is 6.20. The molecule has 0 aliphatic heterocycles. The van der Waals surface area contributed by atoms with Gasteiger partial charge in [0.1, 0.15) is 0 Å². The van der Waals surface area contributed by atoms with Gasteiger partial charge in [-0.15, -0.1) is 0 Å². The lowest BCUT2D eigenvalue weighted by atomic mass is 9.93. The number of aromatic nitrogens is 3. The number of carbonyl (C=O) groups is 1. The standard InChI is InChI=1S/C28H38N8O3/c29-13-15-38-17-18-39-16-14-30-25(37)23-11-9-22(10-12-23)20-32-27-34-26(31-19-21-5-2-1-3-6-21)35-28(36-27)33-24-7-4-8-24/h1-3,5-6,9-12,24H,4,7-8,13-20,29H2,(H,30,37)(H3,31,32,33,34,35,36). The van der Waals surface area contributed by atoms with E-state index in [1.54, 1.807) is 12.1 Å². The van der Waals surface area contributed by atoms with Gasteiger partial charge in [0.15, 0.2) is 0 Å².